The van der Waals surface area contributed by atoms with Gasteiger partial charge in [-0.2, -0.15) is 0 Å². The molecule has 6 rings (SSSR count). The molecular formula is C29H29N5O6S. The Morgan fingerprint density at radius 3 is 2.71 bits per heavy atom. The van der Waals surface area contributed by atoms with Crippen molar-refractivity contribution in [2.24, 2.45) is 0 Å². The van der Waals surface area contributed by atoms with Crippen LogP contribution in [0.25, 0.3) is 11.0 Å². The van der Waals surface area contributed by atoms with Crippen LogP contribution in [0.4, 0.5) is 5.69 Å². The van der Waals surface area contributed by atoms with Crippen molar-refractivity contribution in [1.82, 2.24) is 20.3 Å². The van der Waals surface area contributed by atoms with E-state index < -0.39 is 11.9 Å². The lowest BCUT2D eigenvalue weighted by atomic mass is 10.0. The number of carbonyl (C=O) groups excluding carboxylic acids is 3. The van der Waals surface area contributed by atoms with E-state index in [1.807, 2.05) is 42.6 Å². The summed E-state index contributed by atoms with van der Waals surface area (Å²) in [6, 6.07) is 11.3. The molecule has 2 amide bonds. The van der Waals surface area contributed by atoms with Gasteiger partial charge < -0.3 is 19.5 Å². The number of anilines is 1. The number of hydrogen-bond acceptors (Lipinski definition) is 9. The average molecular weight is 576 g/mol. The molecule has 4 heterocycles. The van der Waals surface area contributed by atoms with Gasteiger partial charge in [-0.3, -0.25) is 19.3 Å². The normalized spacial score (nSPS) is 16.6. The van der Waals surface area contributed by atoms with Crippen molar-refractivity contribution in [3.05, 3.63) is 63.8 Å². The van der Waals surface area contributed by atoms with E-state index in [0.717, 1.165) is 18.4 Å². The highest BCUT2D eigenvalue weighted by Crippen LogP contribution is 2.42. The minimum atomic E-state index is -1.07. The van der Waals surface area contributed by atoms with Crippen LogP contribution in [-0.4, -0.2) is 58.6 Å². The molecule has 4 aromatic rings. The van der Waals surface area contributed by atoms with Crippen LogP contribution in [0.15, 0.2) is 47.8 Å². The van der Waals surface area contributed by atoms with Crippen molar-refractivity contribution in [2.45, 2.75) is 45.4 Å². The van der Waals surface area contributed by atoms with E-state index >= 15 is 0 Å². The second-order valence-corrected chi connectivity index (χ2v) is 11.0. The van der Waals surface area contributed by atoms with Crippen LogP contribution in [-0.2, 0) is 20.9 Å². The summed E-state index contributed by atoms with van der Waals surface area (Å²) in [7, 11) is 0. The Morgan fingerprint density at radius 2 is 1.98 bits per heavy atom. The number of aromatic nitrogens is 3. The second-order valence-electron chi connectivity index (χ2n) is 10.0. The highest BCUT2D eigenvalue weighted by Gasteiger charge is 2.38. The SMILES string of the molecule is CC(=O)c1cc2c(cc1N(C(=O)Cn1nnc3ccccc31)C(C(=O)NCC1CCCO1)c1sccc1C)OCO2. The number of ketones is 1. The first-order valence-corrected chi connectivity index (χ1v) is 14.3. The Bertz CT molecular complexity index is 1620. The summed E-state index contributed by atoms with van der Waals surface area (Å²) in [4.78, 5) is 43.5. The molecule has 0 bridgehead atoms. The van der Waals surface area contributed by atoms with Gasteiger partial charge in [-0.15, -0.1) is 16.4 Å². The van der Waals surface area contributed by atoms with E-state index in [1.54, 1.807) is 12.1 Å². The Kier molecular flexibility index (Phi) is 7.41. The summed E-state index contributed by atoms with van der Waals surface area (Å²) in [5, 5.41) is 13.3. The molecule has 1 fully saturated rings. The third kappa shape index (κ3) is 5.27. The van der Waals surface area contributed by atoms with Crippen LogP contribution in [0.1, 0.15) is 46.6 Å². The fourth-order valence-electron chi connectivity index (χ4n) is 5.20. The molecule has 2 unspecified atom stereocenters. The first-order chi connectivity index (χ1) is 19.9. The molecule has 0 spiro atoms. The molecule has 1 N–H and O–H groups in total. The molecule has 1 saturated heterocycles. The molecule has 11 nitrogen and oxygen atoms in total. The monoisotopic (exact) mass is 575 g/mol. The molecular weight excluding hydrogens is 546 g/mol. The molecule has 41 heavy (non-hydrogen) atoms. The van der Waals surface area contributed by atoms with Gasteiger partial charge in [0.2, 0.25) is 18.6 Å². The van der Waals surface area contributed by atoms with Crippen LogP contribution < -0.4 is 19.7 Å². The minimum absolute atomic E-state index is 0.00956. The lowest BCUT2D eigenvalue weighted by Crippen LogP contribution is -2.47. The Balaban J connectivity index is 1.47. The Labute approximate surface area is 240 Å². The quantitative estimate of drug-likeness (QED) is 0.299. The van der Waals surface area contributed by atoms with E-state index in [4.69, 9.17) is 14.2 Å². The van der Waals surface area contributed by atoms with Gasteiger partial charge in [0.25, 0.3) is 0 Å². The Hall–Kier alpha value is -4.29. The van der Waals surface area contributed by atoms with Crippen molar-refractivity contribution >= 4 is 45.7 Å². The lowest BCUT2D eigenvalue weighted by Gasteiger charge is -2.32. The van der Waals surface area contributed by atoms with E-state index in [1.165, 1.54) is 27.8 Å². The number of Topliss-reactive ketones (excluding diaryl/α,β-unsaturated/α-hetero) is 1. The molecule has 0 aliphatic carbocycles. The minimum Gasteiger partial charge on any atom is -0.454 e. The summed E-state index contributed by atoms with van der Waals surface area (Å²) in [5.41, 5.74) is 2.64. The molecule has 2 aromatic carbocycles. The molecule has 212 valence electrons. The van der Waals surface area contributed by atoms with Crippen molar-refractivity contribution in [2.75, 3.05) is 24.8 Å². The zero-order valence-corrected chi connectivity index (χ0v) is 23.5. The summed E-state index contributed by atoms with van der Waals surface area (Å²) in [6.45, 7) is 4.05. The van der Waals surface area contributed by atoms with Gasteiger partial charge in [-0.05, 0) is 61.9 Å². The maximum absolute atomic E-state index is 14.4. The number of nitrogens with zero attached hydrogens (tertiary/aromatic N) is 4. The maximum Gasteiger partial charge on any atom is 0.249 e. The van der Waals surface area contributed by atoms with Crippen LogP contribution in [0.2, 0.25) is 0 Å². The number of thiophene rings is 1. The summed E-state index contributed by atoms with van der Waals surface area (Å²) in [6.07, 6.45) is 1.69. The first kappa shape index (κ1) is 26.9. The number of amides is 2. The largest absolute Gasteiger partial charge is 0.454 e. The summed E-state index contributed by atoms with van der Waals surface area (Å²) < 4.78 is 18.4. The Morgan fingerprint density at radius 1 is 1.17 bits per heavy atom. The van der Waals surface area contributed by atoms with Crippen LogP contribution >= 0.6 is 11.3 Å². The van der Waals surface area contributed by atoms with Gasteiger partial charge in [-0.25, -0.2) is 4.68 Å². The van der Waals surface area contributed by atoms with E-state index in [-0.39, 0.29) is 42.4 Å². The molecule has 2 atom stereocenters. The van der Waals surface area contributed by atoms with Crippen LogP contribution in [0.5, 0.6) is 11.5 Å². The standard InChI is InChI=1S/C29H29N5O6S/c1-17-9-11-41-28(17)27(29(37)30-14-19-6-5-10-38-19)34(23-13-25-24(39-16-40-25)12-20(23)18(2)35)26(36)15-33-22-8-4-3-7-21(22)31-32-33/h3-4,7-9,11-13,19,27H,5-6,10,14-16H2,1-2H3,(H,30,37). The lowest BCUT2D eigenvalue weighted by molar-refractivity contribution is -0.127. The van der Waals surface area contributed by atoms with E-state index in [0.29, 0.717) is 40.6 Å². The van der Waals surface area contributed by atoms with Gasteiger partial charge in [0.15, 0.2) is 23.3 Å². The zero-order valence-electron chi connectivity index (χ0n) is 22.7. The average Bonchev–Trinajstić information content (AvgIpc) is 3.78. The number of fused-ring (bicyclic) bond motifs is 2. The number of aryl methyl sites for hydroxylation is 1. The highest BCUT2D eigenvalue weighted by atomic mass is 32.1. The van der Waals surface area contributed by atoms with Gasteiger partial charge in [0, 0.05) is 29.7 Å². The number of nitrogens with one attached hydrogen (secondary N) is 1. The van der Waals surface area contributed by atoms with Gasteiger partial charge in [0.1, 0.15) is 12.1 Å². The van der Waals surface area contributed by atoms with Crippen LogP contribution in [0, 0.1) is 6.92 Å². The van der Waals surface area contributed by atoms with E-state index in [9.17, 15) is 14.4 Å². The van der Waals surface area contributed by atoms with Crippen molar-refractivity contribution < 1.29 is 28.6 Å². The smallest absolute Gasteiger partial charge is 0.249 e. The predicted molar refractivity (Wildman–Crippen MR) is 151 cm³/mol. The predicted octanol–water partition coefficient (Wildman–Crippen LogP) is 3.80. The summed E-state index contributed by atoms with van der Waals surface area (Å²) in [5.74, 6) is -0.332. The number of hydrogen-bond donors (Lipinski definition) is 1. The van der Waals surface area contributed by atoms with Crippen molar-refractivity contribution in [3.8, 4) is 11.5 Å². The number of benzene rings is 2. The maximum atomic E-state index is 14.4. The molecule has 2 aliphatic heterocycles. The molecule has 2 aromatic heterocycles. The van der Waals surface area contributed by atoms with E-state index in [2.05, 4.69) is 15.6 Å². The highest BCUT2D eigenvalue weighted by molar-refractivity contribution is 7.10. The zero-order chi connectivity index (χ0) is 28.5. The van der Waals surface area contributed by atoms with Gasteiger partial charge in [-0.1, -0.05) is 17.3 Å². The topological polar surface area (TPSA) is 125 Å². The molecule has 0 radical (unpaired) electrons. The second kappa shape index (κ2) is 11.3. The molecule has 2 aliphatic rings. The number of para-hydroxylation sites is 1. The molecule has 0 saturated carbocycles. The number of carbonyl (C=O) groups is 3. The van der Waals surface area contributed by atoms with Crippen molar-refractivity contribution in [1.29, 1.82) is 0 Å². The fraction of sp³-hybridized carbons (Fsp3) is 0.345. The molecule has 12 heteroatoms. The first-order valence-electron chi connectivity index (χ1n) is 13.4. The third-order valence-corrected chi connectivity index (χ3v) is 8.36. The van der Waals surface area contributed by atoms with Crippen molar-refractivity contribution in [3.63, 3.8) is 0 Å². The summed E-state index contributed by atoms with van der Waals surface area (Å²) >= 11 is 1.37. The third-order valence-electron chi connectivity index (χ3n) is 7.29. The number of rotatable bonds is 9. The fourth-order valence-corrected chi connectivity index (χ4v) is 6.22. The van der Waals surface area contributed by atoms with Crippen LogP contribution in [0.3, 0.4) is 0 Å². The van der Waals surface area contributed by atoms with Gasteiger partial charge >= 0.3 is 0 Å². The van der Waals surface area contributed by atoms with Gasteiger partial charge in [0.05, 0.1) is 17.3 Å². The number of ether oxygens (including phenoxy) is 3.